The molecule has 0 heterocycles. The summed E-state index contributed by atoms with van der Waals surface area (Å²) in [6.45, 7) is 2.00. The van der Waals surface area contributed by atoms with Crippen molar-refractivity contribution < 1.29 is 9.84 Å². The third kappa shape index (κ3) is 2.91. The summed E-state index contributed by atoms with van der Waals surface area (Å²) in [6.07, 6.45) is 0. The van der Waals surface area contributed by atoms with Gasteiger partial charge in [-0.05, 0) is 12.1 Å². The van der Waals surface area contributed by atoms with Crippen LogP contribution < -0.4 is 15.8 Å². The van der Waals surface area contributed by atoms with Gasteiger partial charge in [-0.2, -0.15) is 0 Å². The van der Waals surface area contributed by atoms with Gasteiger partial charge < -0.3 is 20.9 Å². The fourth-order valence-corrected chi connectivity index (χ4v) is 1.86. The van der Waals surface area contributed by atoms with E-state index in [2.05, 4.69) is 5.32 Å². The first kappa shape index (κ1) is 12.7. The highest BCUT2D eigenvalue weighted by atomic mass is 16.5. The van der Waals surface area contributed by atoms with Crippen LogP contribution in [0.4, 0.5) is 5.69 Å². The van der Waals surface area contributed by atoms with Gasteiger partial charge >= 0.3 is 0 Å². The standard InChI is InChI=1S/C14H18N2O2/c15-13-5-6-14(18-10-8-16-7-9-17)12-4-2-1-3-11(12)13/h1-6,16-17H,7-10,15H2. The predicted molar refractivity (Wildman–Crippen MR) is 73.8 cm³/mol. The third-order valence-corrected chi connectivity index (χ3v) is 2.74. The quantitative estimate of drug-likeness (QED) is 0.532. The smallest absolute Gasteiger partial charge is 0.127 e. The summed E-state index contributed by atoms with van der Waals surface area (Å²) in [6, 6.07) is 11.7. The van der Waals surface area contributed by atoms with E-state index < -0.39 is 0 Å². The summed E-state index contributed by atoms with van der Waals surface area (Å²) in [7, 11) is 0. The number of aliphatic hydroxyl groups is 1. The van der Waals surface area contributed by atoms with Crippen molar-refractivity contribution in [1.29, 1.82) is 0 Å². The fourth-order valence-electron chi connectivity index (χ4n) is 1.86. The van der Waals surface area contributed by atoms with Crippen LogP contribution in [0.25, 0.3) is 10.8 Å². The van der Waals surface area contributed by atoms with Crippen molar-refractivity contribution in [3.8, 4) is 5.75 Å². The molecule has 0 bridgehead atoms. The van der Waals surface area contributed by atoms with Crippen LogP contribution in [0.3, 0.4) is 0 Å². The molecule has 18 heavy (non-hydrogen) atoms. The van der Waals surface area contributed by atoms with Crippen molar-refractivity contribution in [3.05, 3.63) is 36.4 Å². The van der Waals surface area contributed by atoms with Gasteiger partial charge in [-0.3, -0.25) is 0 Å². The summed E-state index contributed by atoms with van der Waals surface area (Å²) in [4.78, 5) is 0. The van der Waals surface area contributed by atoms with E-state index in [1.54, 1.807) is 0 Å². The molecule has 2 rings (SSSR count). The molecule has 0 radical (unpaired) electrons. The summed E-state index contributed by atoms with van der Waals surface area (Å²) in [5.74, 6) is 0.839. The zero-order valence-electron chi connectivity index (χ0n) is 10.2. The van der Waals surface area contributed by atoms with Crippen LogP contribution in [0, 0.1) is 0 Å². The molecule has 0 fully saturated rings. The molecule has 0 saturated carbocycles. The van der Waals surface area contributed by atoms with E-state index >= 15 is 0 Å². The van der Waals surface area contributed by atoms with Crippen molar-refractivity contribution >= 4 is 16.5 Å². The van der Waals surface area contributed by atoms with E-state index in [1.807, 2.05) is 36.4 Å². The fraction of sp³-hybridized carbons (Fsp3) is 0.286. The Morgan fingerprint density at radius 2 is 1.83 bits per heavy atom. The first-order valence-corrected chi connectivity index (χ1v) is 6.04. The van der Waals surface area contributed by atoms with E-state index in [-0.39, 0.29) is 6.61 Å². The zero-order chi connectivity index (χ0) is 12.8. The highest BCUT2D eigenvalue weighted by Gasteiger charge is 2.03. The number of rotatable bonds is 6. The highest BCUT2D eigenvalue weighted by molar-refractivity contribution is 5.96. The molecule has 0 unspecified atom stereocenters. The summed E-state index contributed by atoms with van der Waals surface area (Å²) >= 11 is 0. The molecule has 0 aromatic heterocycles. The van der Waals surface area contributed by atoms with Gasteiger partial charge in [-0.1, -0.05) is 24.3 Å². The lowest BCUT2D eigenvalue weighted by Gasteiger charge is -2.11. The molecule has 0 aliphatic rings. The maximum absolute atomic E-state index is 8.64. The van der Waals surface area contributed by atoms with Gasteiger partial charge in [0.05, 0.1) is 6.61 Å². The Labute approximate surface area is 106 Å². The molecule has 0 amide bonds. The van der Waals surface area contributed by atoms with E-state index in [0.717, 1.165) is 22.2 Å². The van der Waals surface area contributed by atoms with E-state index in [1.165, 1.54) is 0 Å². The van der Waals surface area contributed by atoms with Crippen molar-refractivity contribution in [2.45, 2.75) is 0 Å². The second-order valence-electron chi connectivity index (χ2n) is 4.02. The lowest BCUT2D eigenvalue weighted by atomic mass is 10.1. The predicted octanol–water partition coefficient (Wildman–Crippen LogP) is 1.38. The summed E-state index contributed by atoms with van der Waals surface area (Å²) in [5.41, 5.74) is 6.68. The Kier molecular flexibility index (Phi) is 4.39. The van der Waals surface area contributed by atoms with Crippen molar-refractivity contribution in [3.63, 3.8) is 0 Å². The lowest BCUT2D eigenvalue weighted by molar-refractivity contribution is 0.277. The molecule has 0 saturated heterocycles. The molecule has 2 aromatic rings. The Bertz CT molecular complexity index is 514. The lowest BCUT2D eigenvalue weighted by Crippen LogP contribution is -2.24. The highest BCUT2D eigenvalue weighted by Crippen LogP contribution is 2.29. The third-order valence-electron chi connectivity index (χ3n) is 2.74. The minimum Gasteiger partial charge on any atom is -0.492 e. The van der Waals surface area contributed by atoms with E-state index in [4.69, 9.17) is 15.6 Å². The minimum absolute atomic E-state index is 0.144. The van der Waals surface area contributed by atoms with Crippen molar-refractivity contribution in [2.75, 3.05) is 32.0 Å². The van der Waals surface area contributed by atoms with Crippen LogP contribution in [0.1, 0.15) is 0 Å². The Morgan fingerprint density at radius 3 is 2.61 bits per heavy atom. The van der Waals surface area contributed by atoms with Gasteiger partial charge in [0.1, 0.15) is 12.4 Å². The number of hydrogen-bond donors (Lipinski definition) is 3. The van der Waals surface area contributed by atoms with E-state index in [0.29, 0.717) is 19.7 Å². The molecule has 4 heteroatoms. The van der Waals surface area contributed by atoms with Gasteiger partial charge in [0, 0.05) is 29.5 Å². The molecule has 4 N–H and O–H groups in total. The number of benzene rings is 2. The molecule has 0 spiro atoms. The van der Waals surface area contributed by atoms with Gasteiger partial charge in [0.2, 0.25) is 0 Å². The van der Waals surface area contributed by atoms with Gasteiger partial charge in [-0.15, -0.1) is 0 Å². The molecular weight excluding hydrogens is 228 g/mol. The molecule has 96 valence electrons. The largest absolute Gasteiger partial charge is 0.492 e. The maximum Gasteiger partial charge on any atom is 0.127 e. The SMILES string of the molecule is Nc1ccc(OCCNCCO)c2ccccc12. The van der Waals surface area contributed by atoms with Crippen LogP contribution in [-0.4, -0.2) is 31.4 Å². The van der Waals surface area contributed by atoms with E-state index in [9.17, 15) is 0 Å². The Balaban J connectivity index is 2.07. The molecule has 2 aromatic carbocycles. The van der Waals surface area contributed by atoms with Crippen LogP contribution >= 0.6 is 0 Å². The van der Waals surface area contributed by atoms with Crippen molar-refractivity contribution in [1.82, 2.24) is 5.32 Å². The van der Waals surface area contributed by atoms with Crippen LogP contribution in [-0.2, 0) is 0 Å². The Hall–Kier alpha value is -1.78. The second kappa shape index (κ2) is 6.23. The topological polar surface area (TPSA) is 67.5 Å². The number of ether oxygens (including phenoxy) is 1. The summed E-state index contributed by atoms with van der Waals surface area (Å²) < 4.78 is 5.72. The number of fused-ring (bicyclic) bond motifs is 1. The van der Waals surface area contributed by atoms with Gasteiger partial charge in [0.25, 0.3) is 0 Å². The van der Waals surface area contributed by atoms with Crippen molar-refractivity contribution in [2.24, 2.45) is 0 Å². The molecule has 4 nitrogen and oxygen atoms in total. The average molecular weight is 246 g/mol. The molecule has 0 atom stereocenters. The number of anilines is 1. The molecule has 0 aliphatic heterocycles. The number of hydrogen-bond acceptors (Lipinski definition) is 4. The second-order valence-corrected chi connectivity index (χ2v) is 4.02. The van der Waals surface area contributed by atoms with Gasteiger partial charge in [-0.25, -0.2) is 0 Å². The number of aliphatic hydroxyl groups excluding tert-OH is 1. The monoisotopic (exact) mass is 246 g/mol. The minimum atomic E-state index is 0.144. The van der Waals surface area contributed by atoms with Gasteiger partial charge in [0.15, 0.2) is 0 Å². The number of nitrogen functional groups attached to an aromatic ring is 1. The normalized spacial score (nSPS) is 10.7. The summed E-state index contributed by atoms with van der Waals surface area (Å²) in [5, 5.41) is 13.7. The first-order chi connectivity index (χ1) is 8.83. The first-order valence-electron chi connectivity index (χ1n) is 6.04. The van der Waals surface area contributed by atoms with Crippen LogP contribution in [0.5, 0.6) is 5.75 Å². The van der Waals surface area contributed by atoms with Crippen LogP contribution in [0.2, 0.25) is 0 Å². The van der Waals surface area contributed by atoms with Crippen LogP contribution in [0.15, 0.2) is 36.4 Å². The number of nitrogens with two attached hydrogens (primary N) is 1. The zero-order valence-corrected chi connectivity index (χ0v) is 10.2. The Morgan fingerprint density at radius 1 is 1.06 bits per heavy atom. The molecular formula is C14H18N2O2. The average Bonchev–Trinajstić information content (AvgIpc) is 2.41. The number of nitrogens with one attached hydrogen (secondary N) is 1. The molecule has 0 aliphatic carbocycles. The maximum atomic E-state index is 8.64.